The molecule has 4 heteroatoms. The third-order valence-electron chi connectivity index (χ3n) is 1.92. The van der Waals surface area contributed by atoms with E-state index in [-0.39, 0.29) is 0 Å². The summed E-state index contributed by atoms with van der Waals surface area (Å²) in [4.78, 5) is 0. The molecule has 0 N–H and O–H groups in total. The van der Waals surface area contributed by atoms with Crippen LogP contribution in [-0.2, 0) is 14.2 Å². The molecule has 0 aliphatic carbocycles. The lowest BCUT2D eigenvalue weighted by Crippen LogP contribution is -2.35. The Hall–Kier alpha value is -0.160. The van der Waals surface area contributed by atoms with Crippen molar-refractivity contribution in [2.45, 2.75) is 6.42 Å². The third kappa shape index (κ3) is 13.8. The van der Waals surface area contributed by atoms with Crippen LogP contribution in [-0.4, -0.2) is 72.3 Å². The van der Waals surface area contributed by atoms with Crippen LogP contribution in [0.4, 0.5) is 0 Å². The van der Waals surface area contributed by atoms with E-state index in [0.29, 0.717) is 26.4 Å². The van der Waals surface area contributed by atoms with Crippen LogP contribution in [0.1, 0.15) is 6.42 Å². The van der Waals surface area contributed by atoms with Gasteiger partial charge >= 0.3 is 0 Å². The number of methoxy groups -OCH3 is 1. The number of nitrogens with zero attached hydrogens (tertiary/aromatic N) is 1. The molecule has 0 aliphatic heterocycles. The second kappa shape index (κ2) is 9.09. The minimum Gasteiger partial charge on any atom is -0.382 e. The maximum Gasteiger partial charge on any atom is 0.0802 e. The quantitative estimate of drug-likeness (QED) is 0.402. The predicted molar refractivity (Wildman–Crippen MR) is 61.0 cm³/mol. The lowest BCUT2D eigenvalue weighted by atomic mass is 10.4. The molecular weight excluding hydrogens is 194 g/mol. The summed E-state index contributed by atoms with van der Waals surface area (Å²) in [5.74, 6) is 0. The summed E-state index contributed by atoms with van der Waals surface area (Å²) in [7, 11) is 8.24. The molecular formula is C11H26NO3+. The molecule has 0 fully saturated rings. The van der Waals surface area contributed by atoms with Crippen LogP contribution in [0.5, 0.6) is 0 Å². The molecule has 4 nitrogen and oxygen atoms in total. The second-order valence-electron chi connectivity index (χ2n) is 4.59. The monoisotopic (exact) mass is 220 g/mol. The molecule has 92 valence electrons. The summed E-state index contributed by atoms with van der Waals surface area (Å²) >= 11 is 0. The van der Waals surface area contributed by atoms with E-state index >= 15 is 0 Å². The van der Waals surface area contributed by atoms with Crippen molar-refractivity contribution in [3.05, 3.63) is 0 Å². The first-order valence-corrected chi connectivity index (χ1v) is 5.51. The highest BCUT2D eigenvalue weighted by molar-refractivity contribution is 4.36. The lowest BCUT2D eigenvalue weighted by molar-refractivity contribution is -0.870. The van der Waals surface area contributed by atoms with E-state index < -0.39 is 0 Å². The molecule has 0 saturated heterocycles. The summed E-state index contributed by atoms with van der Waals surface area (Å²) in [6.07, 6.45) is 1.10. The molecule has 0 radical (unpaired) electrons. The zero-order valence-electron chi connectivity index (χ0n) is 10.6. The van der Waals surface area contributed by atoms with E-state index in [1.54, 1.807) is 7.11 Å². The van der Waals surface area contributed by atoms with Crippen molar-refractivity contribution in [3.8, 4) is 0 Å². The lowest BCUT2D eigenvalue weighted by Gasteiger charge is -2.23. The van der Waals surface area contributed by atoms with Crippen LogP contribution < -0.4 is 0 Å². The maximum absolute atomic E-state index is 5.43. The number of ether oxygens (including phenoxy) is 3. The normalized spacial score (nSPS) is 12.0. The van der Waals surface area contributed by atoms with E-state index in [1.807, 2.05) is 0 Å². The Balaban J connectivity index is 2.99. The van der Waals surface area contributed by atoms with Gasteiger partial charge in [-0.2, -0.15) is 0 Å². The topological polar surface area (TPSA) is 27.7 Å². The predicted octanol–water partition coefficient (Wildman–Crippen LogP) is 0.762. The number of hydrogen-bond donors (Lipinski definition) is 0. The van der Waals surface area contributed by atoms with Crippen molar-refractivity contribution in [2.75, 3.05) is 67.8 Å². The van der Waals surface area contributed by atoms with Crippen LogP contribution in [0.25, 0.3) is 0 Å². The fourth-order valence-electron chi connectivity index (χ4n) is 1.11. The molecule has 0 aliphatic rings. The standard InChI is InChI=1S/C11H26NO3/c1-12(2,3)6-5-7-14-10-11-15-9-8-13-4/h5-11H2,1-4H3/q+1. The maximum atomic E-state index is 5.43. The summed E-state index contributed by atoms with van der Waals surface area (Å²) in [6, 6.07) is 0. The Bertz CT molecular complexity index is 134. The van der Waals surface area contributed by atoms with Gasteiger partial charge in [-0.05, 0) is 0 Å². The highest BCUT2D eigenvalue weighted by Crippen LogP contribution is 1.93. The van der Waals surface area contributed by atoms with Crippen molar-refractivity contribution in [2.24, 2.45) is 0 Å². The summed E-state index contributed by atoms with van der Waals surface area (Å²) in [5, 5.41) is 0. The molecule has 0 amide bonds. The van der Waals surface area contributed by atoms with Crippen molar-refractivity contribution >= 4 is 0 Å². The van der Waals surface area contributed by atoms with Crippen LogP contribution in [0.15, 0.2) is 0 Å². The third-order valence-corrected chi connectivity index (χ3v) is 1.92. The van der Waals surface area contributed by atoms with Crippen LogP contribution in [0.2, 0.25) is 0 Å². The van der Waals surface area contributed by atoms with E-state index in [0.717, 1.165) is 24.1 Å². The Morgan fingerprint density at radius 2 is 1.33 bits per heavy atom. The number of quaternary nitrogens is 1. The zero-order chi connectivity index (χ0) is 11.6. The Morgan fingerprint density at radius 1 is 0.800 bits per heavy atom. The van der Waals surface area contributed by atoms with Gasteiger partial charge in [0.15, 0.2) is 0 Å². The molecule has 0 heterocycles. The Labute approximate surface area is 93.7 Å². The molecule has 15 heavy (non-hydrogen) atoms. The van der Waals surface area contributed by atoms with Gasteiger partial charge in [-0.1, -0.05) is 0 Å². The molecule has 0 aromatic carbocycles. The molecule has 0 unspecified atom stereocenters. The average molecular weight is 220 g/mol. The first kappa shape index (κ1) is 14.8. The molecule has 0 atom stereocenters. The molecule has 0 rings (SSSR count). The minimum absolute atomic E-state index is 0.652. The largest absolute Gasteiger partial charge is 0.382 e. The van der Waals surface area contributed by atoms with Crippen molar-refractivity contribution < 1.29 is 18.7 Å². The van der Waals surface area contributed by atoms with Gasteiger partial charge in [0.05, 0.1) is 60.7 Å². The Kier molecular flexibility index (Phi) is 9.00. The number of rotatable bonds is 10. The fraction of sp³-hybridized carbons (Fsp3) is 1.00. The minimum atomic E-state index is 0.652. The second-order valence-corrected chi connectivity index (χ2v) is 4.59. The van der Waals surface area contributed by atoms with Crippen LogP contribution in [0.3, 0.4) is 0 Å². The first-order valence-electron chi connectivity index (χ1n) is 5.51. The van der Waals surface area contributed by atoms with Crippen LogP contribution >= 0.6 is 0 Å². The molecule has 0 bridgehead atoms. The smallest absolute Gasteiger partial charge is 0.0802 e. The Morgan fingerprint density at radius 3 is 1.87 bits per heavy atom. The SMILES string of the molecule is COCCOCCOCCC[N+](C)(C)C. The van der Waals surface area contributed by atoms with Crippen LogP contribution in [0, 0.1) is 0 Å². The van der Waals surface area contributed by atoms with Gasteiger partial charge in [0.1, 0.15) is 0 Å². The molecule has 0 aromatic heterocycles. The zero-order valence-corrected chi connectivity index (χ0v) is 10.6. The summed E-state index contributed by atoms with van der Waals surface area (Å²) in [6.45, 7) is 4.61. The van der Waals surface area contributed by atoms with E-state index in [2.05, 4.69) is 21.1 Å². The van der Waals surface area contributed by atoms with Gasteiger partial charge < -0.3 is 18.7 Å². The van der Waals surface area contributed by atoms with Gasteiger partial charge in [0.2, 0.25) is 0 Å². The highest BCUT2D eigenvalue weighted by atomic mass is 16.5. The first-order chi connectivity index (χ1) is 7.06. The van der Waals surface area contributed by atoms with Crippen molar-refractivity contribution in [1.82, 2.24) is 0 Å². The molecule has 0 aromatic rings. The summed E-state index contributed by atoms with van der Waals surface area (Å²) < 4.78 is 16.6. The highest BCUT2D eigenvalue weighted by Gasteiger charge is 2.04. The number of hydrogen-bond acceptors (Lipinski definition) is 3. The van der Waals surface area contributed by atoms with E-state index in [4.69, 9.17) is 14.2 Å². The average Bonchev–Trinajstić information content (AvgIpc) is 2.14. The van der Waals surface area contributed by atoms with Crippen molar-refractivity contribution in [1.29, 1.82) is 0 Å². The van der Waals surface area contributed by atoms with E-state index in [1.165, 1.54) is 0 Å². The van der Waals surface area contributed by atoms with Gasteiger partial charge in [-0.15, -0.1) is 0 Å². The fourth-order valence-corrected chi connectivity index (χ4v) is 1.11. The summed E-state index contributed by atoms with van der Waals surface area (Å²) in [5.41, 5.74) is 0. The van der Waals surface area contributed by atoms with Gasteiger partial charge in [0.25, 0.3) is 0 Å². The van der Waals surface area contributed by atoms with E-state index in [9.17, 15) is 0 Å². The van der Waals surface area contributed by atoms with Gasteiger partial charge in [-0.3, -0.25) is 0 Å². The molecule has 0 spiro atoms. The molecule has 0 saturated carbocycles. The van der Waals surface area contributed by atoms with Gasteiger partial charge in [0, 0.05) is 13.5 Å². The van der Waals surface area contributed by atoms with Crippen molar-refractivity contribution in [3.63, 3.8) is 0 Å². The van der Waals surface area contributed by atoms with Gasteiger partial charge in [-0.25, -0.2) is 0 Å².